The molecule has 260 valence electrons. The van der Waals surface area contributed by atoms with Gasteiger partial charge in [0.05, 0.1) is 19.3 Å². The number of hydrogen-bond donors (Lipinski definition) is 2. The first-order valence-electron chi connectivity index (χ1n) is 15.7. The van der Waals surface area contributed by atoms with E-state index in [0.717, 1.165) is 15.7 Å². The summed E-state index contributed by atoms with van der Waals surface area (Å²) in [6.45, 7) is 9.65. The Labute approximate surface area is 280 Å². The number of rotatable bonds is 11. The Balaban J connectivity index is 1.44. The molecule has 5 rings (SSSR count). The van der Waals surface area contributed by atoms with E-state index in [1.54, 1.807) is 6.07 Å². The molecule has 0 saturated carbocycles. The second kappa shape index (κ2) is 13.4. The van der Waals surface area contributed by atoms with Gasteiger partial charge in [0.25, 0.3) is 6.08 Å². The van der Waals surface area contributed by atoms with E-state index in [1.165, 1.54) is 24.7 Å². The molecule has 4 heterocycles. The molecule has 1 aliphatic heterocycles. The van der Waals surface area contributed by atoms with Crippen molar-refractivity contribution in [1.29, 1.82) is 5.41 Å². The third kappa shape index (κ3) is 6.66. The average molecular weight is 680 g/mol. The van der Waals surface area contributed by atoms with Gasteiger partial charge in [-0.1, -0.05) is 25.8 Å². The lowest BCUT2D eigenvalue weighted by Gasteiger charge is -2.33. The second-order valence-electron chi connectivity index (χ2n) is 12.5. The lowest BCUT2D eigenvalue weighted by molar-refractivity contribution is -0.158. The molecule has 0 spiro atoms. The van der Waals surface area contributed by atoms with E-state index in [0.29, 0.717) is 17.7 Å². The van der Waals surface area contributed by atoms with E-state index in [-0.39, 0.29) is 60.6 Å². The maximum atomic E-state index is 15.4. The number of nitrogens with one attached hydrogen (secondary N) is 1. The van der Waals surface area contributed by atoms with Crippen LogP contribution in [0.2, 0.25) is 0 Å². The van der Waals surface area contributed by atoms with Crippen molar-refractivity contribution < 1.29 is 42.1 Å². The van der Waals surface area contributed by atoms with E-state index >= 15 is 4.39 Å². The van der Waals surface area contributed by atoms with Crippen molar-refractivity contribution >= 4 is 23.1 Å². The van der Waals surface area contributed by atoms with Crippen LogP contribution in [0.15, 0.2) is 32.1 Å². The van der Waals surface area contributed by atoms with Crippen molar-refractivity contribution in [2.45, 2.75) is 97.1 Å². The Hall–Kier alpha value is -5.07. The first-order valence-corrected chi connectivity index (χ1v) is 15.7. The number of benzene rings is 1. The van der Waals surface area contributed by atoms with Crippen LogP contribution in [-0.2, 0) is 31.0 Å². The number of carbonyl (C=O) groups excluding carboxylic acids is 2. The SMILES string of the molecule is C#CC1(CCO)OC(n2cnc3c(=N)n(Cc4oc(=O)oc4C)c(F)nc32)CC1OC(=O)CC(C)(CC)c1c(C)cc(C)cc1OC(C)=O. The molecule has 0 amide bonds. The van der Waals surface area contributed by atoms with E-state index in [2.05, 4.69) is 15.9 Å². The summed E-state index contributed by atoms with van der Waals surface area (Å²) in [6.07, 6.45) is 4.52. The normalized spacial score (nSPS) is 20.2. The van der Waals surface area contributed by atoms with Crippen molar-refractivity contribution in [2.75, 3.05) is 6.61 Å². The predicted octanol–water partition coefficient (Wildman–Crippen LogP) is 3.64. The first-order chi connectivity index (χ1) is 23.1. The van der Waals surface area contributed by atoms with Crippen molar-refractivity contribution in [1.82, 2.24) is 19.1 Å². The zero-order valence-electron chi connectivity index (χ0n) is 28.1. The van der Waals surface area contributed by atoms with Gasteiger partial charge in [-0.25, -0.2) is 9.78 Å². The Morgan fingerprint density at radius 1 is 1.29 bits per heavy atom. The van der Waals surface area contributed by atoms with Crippen LogP contribution >= 0.6 is 0 Å². The van der Waals surface area contributed by atoms with Gasteiger partial charge >= 0.3 is 17.8 Å². The third-order valence-corrected chi connectivity index (χ3v) is 9.03. The summed E-state index contributed by atoms with van der Waals surface area (Å²) in [6, 6.07) is 3.71. The van der Waals surface area contributed by atoms with Crippen LogP contribution < -0.4 is 16.0 Å². The van der Waals surface area contributed by atoms with E-state index in [1.807, 2.05) is 33.8 Å². The highest BCUT2D eigenvalue weighted by molar-refractivity contribution is 5.74. The summed E-state index contributed by atoms with van der Waals surface area (Å²) in [5, 5.41) is 18.5. The lowest BCUT2D eigenvalue weighted by Crippen LogP contribution is -2.42. The van der Waals surface area contributed by atoms with Gasteiger partial charge in [0.2, 0.25) is 0 Å². The highest BCUT2D eigenvalue weighted by Gasteiger charge is 2.51. The van der Waals surface area contributed by atoms with Gasteiger partial charge in [-0.05, 0) is 44.4 Å². The molecule has 1 aliphatic rings. The number of fused-ring (bicyclic) bond motifs is 1. The van der Waals surface area contributed by atoms with Crippen LogP contribution in [0.25, 0.3) is 11.2 Å². The summed E-state index contributed by atoms with van der Waals surface area (Å²) >= 11 is 0. The maximum absolute atomic E-state index is 15.4. The standard InChI is InChI=1S/C34H38FN5O9/c1-8-33(7,27-19(4)12-18(3)13-22(27)46-21(6)42)15-26(43)48-24-14-25(49-34(24,9-2)10-11-41)40-17-37-28-29(36)39(31(35)38-30(28)40)16-23-20(5)45-32(44)47-23/h2,12-13,17,24-25,36,41H,8,10-11,14-16H2,1,3-7H3. The van der Waals surface area contributed by atoms with Crippen LogP contribution in [0, 0.1) is 44.6 Å². The highest BCUT2D eigenvalue weighted by atomic mass is 19.1. The fourth-order valence-electron chi connectivity index (χ4n) is 6.50. The molecule has 14 nitrogen and oxygen atoms in total. The molecule has 4 unspecified atom stereocenters. The van der Waals surface area contributed by atoms with E-state index in [4.69, 9.17) is 34.9 Å². The molecule has 3 aromatic heterocycles. The Bertz CT molecular complexity index is 2090. The molecule has 0 bridgehead atoms. The minimum Gasteiger partial charge on any atom is -0.458 e. The summed E-state index contributed by atoms with van der Waals surface area (Å²) in [7, 11) is 0. The van der Waals surface area contributed by atoms with Crippen molar-refractivity contribution in [3.8, 4) is 18.1 Å². The van der Waals surface area contributed by atoms with E-state index < -0.39 is 47.2 Å². The molecule has 1 aromatic carbocycles. The fraction of sp³-hybridized carbons (Fsp3) is 0.471. The monoisotopic (exact) mass is 679 g/mol. The number of ether oxygens (including phenoxy) is 3. The van der Waals surface area contributed by atoms with Crippen LogP contribution in [0.5, 0.6) is 5.75 Å². The number of aromatic nitrogens is 4. The van der Waals surface area contributed by atoms with Crippen LogP contribution in [0.1, 0.15) is 80.9 Å². The molecule has 2 N–H and O–H groups in total. The highest BCUT2D eigenvalue weighted by Crippen LogP contribution is 2.44. The van der Waals surface area contributed by atoms with Gasteiger partial charge in [-0.15, -0.1) is 6.42 Å². The molecule has 1 saturated heterocycles. The number of aliphatic hydroxyl groups excluding tert-OH is 1. The number of imidazole rings is 1. The van der Waals surface area contributed by atoms with Gasteiger partial charge in [0, 0.05) is 37.4 Å². The van der Waals surface area contributed by atoms with Crippen LogP contribution in [0.3, 0.4) is 0 Å². The smallest absolute Gasteiger partial charge is 0.458 e. The number of hydrogen-bond acceptors (Lipinski definition) is 12. The first kappa shape index (κ1) is 35.2. The number of halogens is 1. The topological polar surface area (TPSA) is 185 Å². The van der Waals surface area contributed by atoms with Gasteiger partial charge in [0.15, 0.2) is 28.0 Å². The predicted molar refractivity (Wildman–Crippen MR) is 170 cm³/mol. The van der Waals surface area contributed by atoms with Crippen molar-refractivity contribution in [3.63, 3.8) is 0 Å². The number of nitrogens with zero attached hydrogens (tertiary/aromatic N) is 4. The average Bonchev–Trinajstić information content (AvgIpc) is 3.69. The number of carbonyl (C=O) groups is 2. The van der Waals surface area contributed by atoms with E-state index in [9.17, 15) is 19.5 Å². The molecule has 0 aliphatic carbocycles. The van der Waals surface area contributed by atoms with Gasteiger partial charge < -0.3 is 28.2 Å². The van der Waals surface area contributed by atoms with Gasteiger partial charge in [-0.3, -0.25) is 24.1 Å². The number of terminal acetylenes is 1. The number of aliphatic hydroxyl groups is 1. The third-order valence-electron chi connectivity index (χ3n) is 9.03. The fourth-order valence-corrected chi connectivity index (χ4v) is 6.50. The van der Waals surface area contributed by atoms with Gasteiger partial charge in [-0.2, -0.15) is 9.37 Å². The zero-order valence-corrected chi connectivity index (χ0v) is 28.1. The summed E-state index contributed by atoms with van der Waals surface area (Å²) in [5.74, 6) is 1.05. The Morgan fingerprint density at radius 3 is 2.63 bits per heavy atom. The number of esters is 2. The quantitative estimate of drug-likeness (QED) is 0.102. The van der Waals surface area contributed by atoms with Crippen molar-refractivity contribution in [3.05, 3.63) is 68.9 Å². The minimum atomic E-state index is -1.55. The largest absolute Gasteiger partial charge is 0.519 e. The van der Waals surface area contributed by atoms with Crippen molar-refractivity contribution in [2.24, 2.45) is 0 Å². The maximum Gasteiger partial charge on any atom is 0.519 e. The van der Waals surface area contributed by atoms with Gasteiger partial charge in [0.1, 0.15) is 23.8 Å². The molecule has 49 heavy (non-hydrogen) atoms. The molecule has 1 fully saturated rings. The molecule has 15 heteroatoms. The molecule has 4 aromatic rings. The Morgan fingerprint density at radius 2 is 2.02 bits per heavy atom. The Kier molecular flexibility index (Phi) is 9.67. The summed E-state index contributed by atoms with van der Waals surface area (Å²) < 4.78 is 45.2. The summed E-state index contributed by atoms with van der Waals surface area (Å²) in [4.78, 5) is 45.4. The minimum absolute atomic E-state index is 0.00259. The number of aryl methyl sites for hydroxylation is 3. The second-order valence-corrected chi connectivity index (χ2v) is 12.5. The lowest BCUT2D eigenvalue weighted by atomic mass is 9.74. The zero-order chi connectivity index (χ0) is 35.8. The molecule has 0 radical (unpaired) electrons. The molecular weight excluding hydrogens is 641 g/mol. The summed E-state index contributed by atoms with van der Waals surface area (Å²) in [5.41, 5.74) is -0.285. The molecular formula is C34H38FN5O9. The van der Waals surface area contributed by atoms with Crippen LogP contribution in [0.4, 0.5) is 4.39 Å². The molecule has 4 atom stereocenters. The van der Waals surface area contributed by atoms with Crippen LogP contribution in [-0.4, -0.2) is 54.5 Å².